The largest absolute Gasteiger partial charge is 0.387 e. The molecule has 4 N–H and O–H groups in total. The molecule has 0 aliphatic rings. The van der Waals surface area contributed by atoms with Gasteiger partial charge in [-0.2, -0.15) is 0 Å². The summed E-state index contributed by atoms with van der Waals surface area (Å²) in [6.45, 7) is 8.01. The van der Waals surface area contributed by atoms with Crippen LogP contribution in [0.5, 0.6) is 0 Å². The lowest BCUT2D eigenvalue weighted by molar-refractivity contribution is -0.143. The molecule has 234 valence electrons. The van der Waals surface area contributed by atoms with E-state index in [-0.39, 0.29) is 0 Å². The minimum atomic E-state index is -1.25. The minimum absolute atomic E-state index is 0.465. The van der Waals surface area contributed by atoms with Crippen molar-refractivity contribution in [1.29, 1.82) is 0 Å². The highest BCUT2D eigenvalue weighted by atomic mass is 16.3. The molecule has 0 heterocycles. The van der Waals surface area contributed by atoms with Crippen molar-refractivity contribution in [2.75, 3.05) is 0 Å². The van der Waals surface area contributed by atoms with Crippen molar-refractivity contribution in [3.05, 3.63) is 96.1 Å². The average molecular weight is 597 g/mol. The van der Waals surface area contributed by atoms with Crippen LogP contribution in [0.1, 0.15) is 102 Å². The zero-order valence-corrected chi connectivity index (χ0v) is 26.6. The minimum Gasteiger partial charge on any atom is -0.387 e. The number of rotatable bonds is 14. The van der Waals surface area contributed by atoms with Crippen LogP contribution < -0.4 is 10.6 Å². The lowest BCUT2D eigenvalue weighted by Crippen LogP contribution is -2.53. The molecule has 4 rings (SSSR count). The van der Waals surface area contributed by atoms with Crippen molar-refractivity contribution in [2.24, 2.45) is 0 Å². The first-order chi connectivity index (χ1) is 21.2. The summed E-state index contributed by atoms with van der Waals surface area (Å²) in [6.07, 6.45) is 4.72. The number of amides is 2. The van der Waals surface area contributed by atoms with Crippen LogP contribution in [-0.2, 0) is 9.59 Å². The van der Waals surface area contributed by atoms with Gasteiger partial charge in [0.15, 0.2) is 0 Å². The normalized spacial score (nSPS) is 13.5. The number of nitrogens with one attached hydrogen (secondary N) is 2. The summed E-state index contributed by atoms with van der Waals surface area (Å²) in [5.74, 6) is -1.68. The zero-order chi connectivity index (χ0) is 31.7. The molecule has 0 bridgehead atoms. The molecule has 0 saturated heterocycles. The van der Waals surface area contributed by atoms with Crippen LogP contribution in [0.2, 0.25) is 0 Å². The highest BCUT2D eigenvalue weighted by Crippen LogP contribution is 2.37. The maximum atomic E-state index is 13.8. The molecule has 0 fully saturated rings. The summed E-state index contributed by atoms with van der Waals surface area (Å²) < 4.78 is 0. The van der Waals surface area contributed by atoms with Gasteiger partial charge in [0.05, 0.1) is 23.3 Å². The lowest BCUT2D eigenvalue weighted by atomic mass is 9.80. The lowest BCUT2D eigenvalue weighted by Gasteiger charge is -2.38. The first-order valence-corrected chi connectivity index (χ1v) is 16.2. The third kappa shape index (κ3) is 7.48. The highest BCUT2D eigenvalue weighted by Gasteiger charge is 2.41. The number of fused-ring (bicyclic) bond motifs is 2. The van der Waals surface area contributed by atoms with Crippen molar-refractivity contribution >= 4 is 33.4 Å². The number of hydrogen-bond donors (Lipinski definition) is 4. The van der Waals surface area contributed by atoms with Crippen LogP contribution in [0.15, 0.2) is 84.9 Å². The summed E-state index contributed by atoms with van der Waals surface area (Å²) in [4.78, 5) is 27.5. The standard InChI is InChI=1S/C38H48N2O4/c1-5-21-37(43,22-6-2)33(31-19-17-27-13-9-11-15-29(27)25-31)39-35(41)36(42)40-34(38(44,23-7-3)24-8-4)32-20-18-28-14-10-12-16-30(28)26-32/h9-20,25-26,33-34,43-44H,5-8,21-24H2,1-4H3,(H,39,41)(H,40,42). The molecule has 0 radical (unpaired) electrons. The van der Waals surface area contributed by atoms with E-state index < -0.39 is 35.1 Å². The third-order valence-electron chi connectivity index (χ3n) is 8.78. The molecular formula is C38H48N2O4. The van der Waals surface area contributed by atoms with E-state index in [0.29, 0.717) is 51.4 Å². The Hall–Kier alpha value is -3.74. The van der Waals surface area contributed by atoms with Gasteiger partial charge in [0.1, 0.15) is 0 Å². The first kappa shape index (κ1) is 33.2. The fraction of sp³-hybridized carbons (Fsp3) is 0.421. The molecule has 4 aromatic carbocycles. The average Bonchev–Trinajstić information content (AvgIpc) is 3.02. The van der Waals surface area contributed by atoms with Gasteiger partial charge in [0.2, 0.25) is 0 Å². The maximum Gasteiger partial charge on any atom is 0.309 e. The molecule has 44 heavy (non-hydrogen) atoms. The summed E-state index contributed by atoms with van der Waals surface area (Å²) in [7, 11) is 0. The van der Waals surface area contributed by atoms with E-state index in [4.69, 9.17) is 0 Å². The van der Waals surface area contributed by atoms with Gasteiger partial charge in [0, 0.05) is 0 Å². The van der Waals surface area contributed by atoms with Crippen molar-refractivity contribution in [1.82, 2.24) is 10.6 Å². The van der Waals surface area contributed by atoms with Crippen LogP contribution >= 0.6 is 0 Å². The molecule has 4 aromatic rings. The Balaban J connectivity index is 1.70. The van der Waals surface area contributed by atoms with Crippen molar-refractivity contribution < 1.29 is 19.8 Å². The van der Waals surface area contributed by atoms with E-state index in [1.807, 2.05) is 113 Å². The highest BCUT2D eigenvalue weighted by molar-refractivity contribution is 6.35. The van der Waals surface area contributed by atoms with Gasteiger partial charge in [-0.1, -0.05) is 126 Å². The smallest absolute Gasteiger partial charge is 0.309 e. The molecule has 0 aromatic heterocycles. The molecule has 6 nitrogen and oxygen atoms in total. The summed E-state index contributed by atoms with van der Waals surface area (Å²) >= 11 is 0. The molecule has 6 heteroatoms. The molecule has 2 atom stereocenters. The second-order valence-corrected chi connectivity index (χ2v) is 12.2. The van der Waals surface area contributed by atoms with Crippen molar-refractivity contribution in [2.45, 2.75) is 102 Å². The van der Waals surface area contributed by atoms with E-state index in [1.165, 1.54) is 0 Å². The Bertz CT molecular complexity index is 1440. The number of hydrogen-bond acceptors (Lipinski definition) is 4. The van der Waals surface area contributed by atoms with E-state index in [1.54, 1.807) is 0 Å². The van der Waals surface area contributed by atoms with Gasteiger partial charge < -0.3 is 20.8 Å². The van der Waals surface area contributed by atoms with Crippen LogP contribution in [0.4, 0.5) is 0 Å². The fourth-order valence-electron chi connectivity index (χ4n) is 6.78. The Labute approximate surface area is 261 Å². The molecule has 2 amide bonds. The summed E-state index contributed by atoms with van der Waals surface area (Å²) in [6, 6.07) is 26.1. The number of aliphatic hydroxyl groups is 2. The van der Waals surface area contributed by atoms with E-state index >= 15 is 0 Å². The molecule has 0 aliphatic carbocycles. The van der Waals surface area contributed by atoms with Gasteiger partial charge in [-0.3, -0.25) is 9.59 Å². The molecule has 0 aliphatic heterocycles. The van der Waals surface area contributed by atoms with E-state index in [0.717, 1.165) is 32.7 Å². The van der Waals surface area contributed by atoms with Crippen LogP contribution in [0, 0.1) is 0 Å². The Morgan fingerprint density at radius 3 is 1.18 bits per heavy atom. The fourth-order valence-corrected chi connectivity index (χ4v) is 6.78. The molecule has 0 saturated carbocycles. The monoisotopic (exact) mass is 596 g/mol. The van der Waals surface area contributed by atoms with E-state index in [9.17, 15) is 19.8 Å². The second kappa shape index (κ2) is 14.8. The zero-order valence-electron chi connectivity index (χ0n) is 26.6. The third-order valence-corrected chi connectivity index (χ3v) is 8.78. The molecular weight excluding hydrogens is 548 g/mol. The predicted octanol–water partition coefficient (Wildman–Crippen LogP) is 7.67. The Kier molecular flexibility index (Phi) is 11.2. The van der Waals surface area contributed by atoms with Gasteiger partial charge in [-0.25, -0.2) is 0 Å². The van der Waals surface area contributed by atoms with Gasteiger partial charge in [-0.15, -0.1) is 0 Å². The number of carbonyl (C=O) groups excluding carboxylic acids is 2. The van der Waals surface area contributed by atoms with Gasteiger partial charge in [0.25, 0.3) is 0 Å². The predicted molar refractivity (Wildman–Crippen MR) is 179 cm³/mol. The van der Waals surface area contributed by atoms with Crippen LogP contribution in [0.25, 0.3) is 21.5 Å². The number of benzene rings is 4. The topological polar surface area (TPSA) is 98.7 Å². The quantitative estimate of drug-likeness (QED) is 0.112. The summed E-state index contributed by atoms with van der Waals surface area (Å²) in [5.41, 5.74) is -1.00. The van der Waals surface area contributed by atoms with Gasteiger partial charge >= 0.3 is 11.8 Å². The van der Waals surface area contributed by atoms with Crippen molar-refractivity contribution in [3.63, 3.8) is 0 Å². The first-order valence-electron chi connectivity index (χ1n) is 16.2. The molecule has 2 unspecified atom stereocenters. The van der Waals surface area contributed by atoms with Crippen LogP contribution in [0.3, 0.4) is 0 Å². The molecule has 0 spiro atoms. The summed E-state index contributed by atoms with van der Waals surface area (Å²) in [5, 5.41) is 33.9. The second-order valence-electron chi connectivity index (χ2n) is 12.2. The van der Waals surface area contributed by atoms with Crippen LogP contribution in [-0.4, -0.2) is 33.2 Å². The van der Waals surface area contributed by atoms with Gasteiger partial charge in [-0.05, 0) is 70.5 Å². The Morgan fingerprint density at radius 1 is 0.545 bits per heavy atom. The number of carbonyl (C=O) groups is 2. The SMILES string of the molecule is CCCC(O)(CCC)C(NC(=O)C(=O)NC(c1ccc2ccccc2c1)C(O)(CCC)CCC)c1ccc2ccccc2c1. The Morgan fingerprint density at radius 2 is 0.864 bits per heavy atom. The maximum absolute atomic E-state index is 13.8. The van der Waals surface area contributed by atoms with E-state index in [2.05, 4.69) is 10.6 Å². The van der Waals surface area contributed by atoms with Crippen molar-refractivity contribution in [3.8, 4) is 0 Å².